The largest absolute Gasteiger partial charge is 0.340 e. The topological polar surface area (TPSA) is 45.2 Å². The molecule has 1 aromatic heterocycles. The molecule has 1 fully saturated rings. The van der Waals surface area contributed by atoms with Crippen molar-refractivity contribution in [3.05, 3.63) is 16.1 Å². The molecule has 0 bridgehead atoms. The van der Waals surface area contributed by atoms with Crippen LogP contribution in [-0.4, -0.2) is 35.9 Å². The van der Waals surface area contributed by atoms with Crippen LogP contribution >= 0.6 is 36.2 Å². The van der Waals surface area contributed by atoms with Gasteiger partial charge in [-0.2, -0.15) is 0 Å². The molecule has 1 aromatic rings. The predicted octanol–water partition coefficient (Wildman–Crippen LogP) is 2.25. The number of thiazole rings is 1. The number of nitrogens with zero attached hydrogens (tertiary/aromatic N) is 2. The summed E-state index contributed by atoms with van der Waals surface area (Å²) in [7, 11) is 1.88. The summed E-state index contributed by atoms with van der Waals surface area (Å²) in [5.74, 6) is 0.230. The summed E-state index contributed by atoms with van der Waals surface area (Å²) in [6.45, 7) is 6.43. The molecule has 1 saturated heterocycles. The van der Waals surface area contributed by atoms with Gasteiger partial charge in [0.15, 0.2) is 0 Å². The first-order valence-electron chi connectivity index (χ1n) is 5.89. The Labute approximate surface area is 130 Å². The second-order valence-corrected chi connectivity index (χ2v) is 6.31. The molecule has 7 heteroatoms. The van der Waals surface area contributed by atoms with Gasteiger partial charge in [-0.15, -0.1) is 36.2 Å². The van der Waals surface area contributed by atoms with Crippen LogP contribution in [0.2, 0.25) is 0 Å². The third kappa shape index (κ3) is 4.31. The maximum atomic E-state index is 12.3. The average Bonchev–Trinajstić information content (AvgIpc) is 2.88. The van der Waals surface area contributed by atoms with E-state index < -0.39 is 0 Å². The molecule has 1 aliphatic rings. The molecule has 1 amide bonds. The number of aromatic nitrogens is 1. The van der Waals surface area contributed by atoms with Gasteiger partial charge in [0, 0.05) is 24.7 Å². The van der Waals surface area contributed by atoms with Crippen LogP contribution in [0, 0.1) is 12.3 Å². The number of carbonyl (C=O) groups excluding carboxylic acids is 1. The van der Waals surface area contributed by atoms with Crippen molar-refractivity contribution in [1.29, 1.82) is 0 Å². The molecule has 1 unspecified atom stereocenters. The number of aryl methyl sites for hydroxylation is 1. The predicted molar refractivity (Wildman–Crippen MR) is 83.4 cm³/mol. The van der Waals surface area contributed by atoms with Crippen molar-refractivity contribution in [2.75, 3.05) is 20.1 Å². The van der Waals surface area contributed by atoms with E-state index in [1.54, 1.807) is 11.3 Å². The molecule has 2 heterocycles. The van der Waals surface area contributed by atoms with Crippen molar-refractivity contribution < 1.29 is 4.79 Å². The zero-order chi connectivity index (χ0) is 12.5. The Hall–Kier alpha value is -0.360. The van der Waals surface area contributed by atoms with E-state index in [1.807, 2.05) is 32.0 Å². The number of halogens is 2. The first kappa shape index (κ1) is 18.6. The minimum Gasteiger partial charge on any atom is -0.340 e. The van der Waals surface area contributed by atoms with Crippen LogP contribution in [0.5, 0.6) is 0 Å². The first-order chi connectivity index (χ1) is 8.01. The number of rotatable bonds is 3. The normalized spacial score (nSPS) is 21.4. The molecule has 4 nitrogen and oxygen atoms in total. The highest BCUT2D eigenvalue weighted by molar-refractivity contribution is 7.11. The van der Waals surface area contributed by atoms with E-state index in [1.165, 1.54) is 0 Å². The number of carbonyl (C=O) groups is 1. The van der Waals surface area contributed by atoms with E-state index in [0.717, 1.165) is 29.4 Å². The Morgan fingerprint density at radius 3 is 2.74 bits per heavy atom. The third-order valence-corrected chi connectivity index (χ3v) is 4.19. The van der Waals surface area contributed by atoms with Crippen molar-refractivity contribution in [1.82, 2.24) is 15.2 Å². The highest BCUT2D eigenvalue weighted by Gasteiger charge is 2.38. The fraction of sp³-hybridized carbons (Fsp3) is 0.667. The van der Waals surface area contributed by atoms with E-state index in [0.29, 0.717) is 6.54 Å². The molecule has 1 aliphatic heterocycles. The van der Waals surface area contributed by atoms with Crippen molar-refractivity contribution >= 4 is 42.1 Å². The van der Waals surface area contributed by atoms with Gasteiger partial charge >= 0.3 is 0 Å². The van der Waals surface area contributed by atoms with E-state index in [9.17, 15) is 4.79 Å². The minimum absolute atomic E-state index is 0. The summed E-state index contributed by atoms with van der Waals surface area (Å²) < 4.78 is 0. The van der Waals surface area contributed by atoms with E-state index in [-0.39, 0.29) is 36.1 Å². The molecule has 0 aromatic carbocycles. The zero-order valence-electron chi connectivity index (χ0n) is 11.4. The molecule has 0 radical (unpaired) electrons. The Kier molecular flexibility index (Phi) is 7.29. The number of hydrogen-bond acceptors (Lipinski definition) is 4. The fourth-order valence-electron chi connectivity index (χ4n) is 2.24. The summed E-state index contributed by atoms with van der Waals surface area (Å²) in [5.41, 5.74) is -0.228. The monoisotopic (exact) mass is 325 g/mol. The molecule has 0 saturated carbocycles. The summed E-state index contributed by atoms with van der Waals surface area (Å²) in [6, 6.07) is 0. The van der Waals surface area contributed by atoms with Crippen molar-refractivity contribution in [3.63, 3.8) is 0 Å². The first-order valence-corrected chi connectivity index (χ1v) is 6.70. The van der Waals surface area contributed by atoms with Crippen LogP contribution in [0.3, 0.4) is 0 Å². The number of amides is 1. The second kappa shape index (κ2) is 7.43. The highest BCUT2D eigenvalue weighted by atomic mass is 35.5. The van der Waals surface area contributed by atoms with Crippen LogP contribution < -0.4 is 5.32 Å². The molecular weight excluding hydrogens is 305 g/mol. The quantitative estimate of drug-likeness (QED) is 0.927. The standard InChI is InChI=1S/C12H19N3OS.2ClH/c1-9-14-6-10(17-9)7-15(3)11(16)12(2)4-5-13-8-12;;/h6,13H,4-5,7-8H2,1-3H3;2*1H. The lowest BCUT2D eigenvalue weighted by atomic mass is 9.88. The Morgan fingerprint density at radius 2 is 2.26 bits per heavy atom. The highest BCUT2D eigenvalue weighted by Crippen LogP contribution is 2.27. The van der Waals surface area contributed by atoms with Gasteiger partial charge in [0.25, 0.3) is 0 Å². The van der Waals surface area contributed by atoms with Crippen LogP contribution in [0.15, 0.2) is 6.20 Å². The molecule has 110 valence electrons. The Balaban J connectivity index is 0.00000162. The van der Waals surface area contributed by atoms with E-state index >= 15 is 0 Å². The molecule has 0 spiro atoms. The van der Waals surface area contributed by atoms with Gasteiger partial charge in [-0.05, 0) is 26.8 Å². The fourth-order valence-corrected chi connectivity index (χ4v) is 3.09. The molecule has 1 N–H and O–H groups in total. The smallest absolute Gasteiger partial charge is 0.229 e. The van der Waals surface area contributed by atoms with Gasteiger partial charge < -0.3 is 10.2 Å². The third-order valence-electron chi connectivity index (χ3n) is 3.29. The van der Waals surface area contributed by atoms with Gasteiger partial charge in [0.05, 0.1) is 17.0 Å². The van der Waals surface area contributed by atoms with Gasteiger partial charge in [-0.3, -0.25) is 4.79 Å². The molecular formula is C12H21Cl2N3OS. The lowest BCUT2D eigenvalue weighted by Gasteiger charge is -2.27. The molecule has 1 atom stereocenters. The molecule has 19 heavy (non-hydrogen) atoms. The van der Waals surface area contributed by atoms with Crippen LogP contribution in [-0.2, 0) is 11.3 Å². The van der Waals surface area contributed by atoms with Crippen molar-refractivity contribution in [3.8, 4) is 0 Å². The maximum absolute atomic E-state index is 12.3. The van der Waals surface area contributed by atoms with E-state index in [4.69, 9.17) is 0 Å². The lowest BCUT2D eigenvalue weighted by Crippen LogP contribution is -2.41. The molecule has 0 aliphatic carbocycles. The summed E-state index contributed by atoms with van der Waals surface area (Å²) >= 11 is 1.65. The minimum atomic E-state index is -0.228. The zero-order valence-corrected chi connectivity index (χ0v) is 13.9. The van der Waals surface area contributed by atoms with Crippen molar-refractivity contribution in [2.45, 2.75) is 26.8 Å². The summed E-state index contributed by atoms with van der Waals surface area (Å²) in [4.78, 5) is 19.5. The van der Waals surface area contributed by atoms with Crippen LogP contribution in [0.25, 0.3) is 0 Å². The lowest BCUT2D eigenvalue weighted by molar-refractivity contribution is -0.139. The number of nitrogens with one attached hydrogen (secondary N) is 1. The van der Waals surface area contributed by atoms with Crippen LogP contribution in [0.1, 0.15) is 23.2 Å². The summed E-state index contributed by atoms with van der Waals surface area (Å²) in [6.07, 6.45) is 2.79. The van der Waals surface area contributed by atoms with Gasteiger partial charge in [-0.1, -0.05) is 0 Å². The number of hydrogen-bond donors (Lipinski definition) is 1. The van der Waals surface area contributed by atoms with Crippen LogP contribution in [0.4, 0.5) is 0 Å². The Morgan fingerprint density at radius 1 is 1.58 bits per heavy atom. The Bertz CT molecular complexity index is 419. The molecule has 2 rings (SSSR count). The SMILES string of the molecule is Cc1ncc(CN(C)C(=O)C2(C)CCNC2)s1.Cl.Cl. The second-order valence-electron chi connectivity index (χ2n) is 4.99. The van der Waals surface area contributed by atoms with Gasteiger partial charge in [-0.25, -0.2) is 4.98 Å². The van der Waals surface area contributed by atoms with Crippen molar-refractivity contribution in [2.24, 2.45) is 5.41 Å². The van der Waals surface area contributed by atoms with E-state index in [2.05, 4.69) is 10.3 Å². The van der Waals surface area contributed by atoms with Gasteiger partial charge in [0.1, 0.15) is 0 Å². The van der Waals surface area contributed by atoms with Gasteiger partial charge in [0.2, 0.25) is 5.91 Å². The maximum Gasteiger partial charge on any atom is 0.229 e. The summed E-state index contributed by atoms with van der Waals surface area (Å²) in [5, 5.41) is 4.31. The average molecular weight is 326 g/mol.